The van der Waals surface area contributed by atoms with Crippen LogP contribution in [0.15, 0.2) is 54.6 Å². The highest BCUT2D eigenvalue weighted by Crippen LogP contribution is 2.47. The van der Waals surface area contributed by atoms with Crippen LogP contribution in [-0.4, -0.2) is 50.5 Å². The summed E-state index contributed by atoms with van der Waals surface area (Å²) in [5, 5.41) is 21.6. The third kappa shape index (κ3) is 5.06. The minimum absolute atomic E-state index is 0.0289. The van der Waals surface area contributed by atoms with E-state index < -0.39 is 28.9 Å². The molecule has 0 aliphatic heterocycles. The lowest BCUT2D eigenvalue weighted by molar-refractivity contribution is -0.132. The molecule has 1 aromatic heterocycles. The second-order valence-corrected chi connectivity index (χ2v) is 10.3. The number of aryl methyl sites for hydroxylation is 1. The number of fused-ring (bicyclic) bond motifs is 3. The number of aromatic nitrogens is 2. The summed E-state index contributed by atoms with van der Waals surface area (Å²) in [4.78, 5) is 25.8. The Morgan fingerprint density at radius 1 is 1.14 bits per heavy atom. The summed E-state index contributed by atoms with van der Waals surface area (Å²) in [5.74, 6) is -1.09. The molecule has 194 valence electrons. The van der Waals surface area contributed by atoms with E-state index in [0.29, 0.717) is 43.5 Å². The fraction of sp³-hybridized carbons (Fsp3) is 0.370. The number of ether oxygens (including phenoxy) is 1. The topological polar surface area (TPSA) is 105 Å². The van der Waals surface area contributed by atoms with Crippen molar-refractivity contribution in [1.29, 1.82) is 0 Å². The van der Waals surface area contributed by atoms with Crippen LogP contribution in [0.2, 0.25) is 5.02 Å². The molecule has 0 radical (unpaired) electrons. The van der Waals surface area contributed by atoms with Gasteiger partial charge in [0.05, 0.1) is 22.4 Å². The third-order valence-electron chi connectivity index (χ3n) is 7.53. The molecule has 1 unspecified atom stereocenters. The highest BCUT2D eigenvalue weighted by molar-refractivity contribution is 6.30. The molecule has 2 bridgehead atoms. The van der Waals surface area contributed by atoms with Gasteiger partial charge >= 0.3 is 0 Å². The zero-order valence-corrected chi connectivity index (χ0v) is 21.1. The Kier molecular flexibility index (Phi) is 6.68. The lowest BCUT2D eigenvalue weighted by Crippen LogP contribution is -2.70. The highest BCUT2D eigenvalue weighted by Gasteiger charge is 2.55. The van der Waals surface area contributed by atoms with Crippen molar-refractivity contribution in [2.45, 2.75) is 49.3 Å². The largest absolute Gasteiger partial charge is 0.484 e. The number of carbonyl (C=O) groups excluding carboxylic acids is 2. The van der Waals surface area contributed by atoms with Crippen LogP contribution in [0.4, 0.5) is 4.39 Å². The number of aliphatic hydroxyl groups excluding tert-OH is 1. The van der Waals surface area contributed by atoms with E-state index in [1.807, 2.05) is 30.3 Å². The van der Waals surface area contributed by atoms with E-state index in [2.05, 4.69) is 15.7 Å². The zero-order valence-electron chi connectivity index (χ0n) is 20.3. The first-order valence-corrected chi connectivity index (χ1v) is 12.6. The Labute approximate surface area is 218 Å². The Morgan fingerprint density at radius 2 is 1.86 bits per heavy atom. The second-order valence-electron chi connectivity index (χ2n) is 9.93. The van der Waals surface area contributed by atoms with Gasteiger partial charge in [-0.1, -0.05) is 41.9 Å². The summed E-state index contributed by atoms with van der Waals surface area (Å²) in [6.45, 7) is -0.318. The summed E-state index contributed by atoms with van der Waals surface area (Å²) in [7, 11) is 1.73. The first kappa shape index (κ1) is 25.2. The molecule has 3 saturated carbocycles. The smallest absolute Gasteiger partial charge is 0.269 e. The summed E-state index contributed by atoms with van der Waals surface area (Å²) in [5.41, 5.74) is 0.729. The zero-order chi connectivity index (χ0) is 26.2. The van der Waals surface area contributed by atoms with E-state index in [1.165, 1.54) is 12.1 Å². The van der Waals surface area contributed by atoms with Crippen LogP contribution in [0.25, 0.3) is 11.3 Å². The van der Waals surface area contributed by atoms with Gasteiger partial charge in [0.25, 0.3) is 11.8 Å². The van der Waals surface area contributed by atoms with E-state index in [0.717, 1.165) is 11.6 Å². The Balaban J connectivity index is 1.20. The van der Waals surface area contributed by atoms with Crippen LogP contribution in [0.1, 0.15) is 42.6 Å². The van der Waals surface area contributed by atoms with E-state index >= 15 is 0 Å². The summed E-state index contributed by atoms with van der Waals surface area (Å²) in [6.07, 6.45) is 1.74. The van der Waals surface area contributed by atoms with Crippen LogP contribution in [0.3, 0.4) is 0 Å². The number of benzene rings is 2. The van der Waals surface area contributed by atoms with Crippen molar-refractivity contribution in [3.05, 3.63) is 71.1 Å². The van der Waals surface area contributed by atoms with Crippen molar-refractivity contribution in [1.82, 2.24) is 20.4 Å². The quantitative estimate of drug-likeness (QED) is 0.436. The average Bonchev–Trinajstić information content (AvgIpc) is 3.28. The molecular weight excluding hydrogens is 499 g/mol. The number of hydrogen-bond acceptors (Lipinski definition) is 5. The van der Waals surface area contributed by atoms with Crippen molar-refractivity contribution < 1.29 is 23.8 Å². The first-order chi connectivity index (χ1) is 17.7. The van der Waals surface area contributed by atoms with Gasteiger partial charge in [-0.2, -0.15) is 5.10 Å². The van der Waals surface area contributed by atoms with Gasteiger partial charge in [0, 0.05) is 24.2 Å². The molecule has 6 rings (SSSR count). The standard InChI is InChI=1S/C27H28ClFN4O4/c1-33-22(14-21(32-33)17-5-3-2-4-6-17)25(36)31-26-9-11-27(12-10-26,23(34)15-26)30-24(35)16-37-18-7-8-19(28)20(29)13-18/h2-8,13-14,23,34H,9-12,15-16H2,1H3,(H,30,35)(H,31,36). The fourth-order valence-corrected chi connectivity index (χ4v) is 5.54. The van der Waals surface area contributed by atoms with Gasteiger partial charge in [-0.15, -0.1) is 0 Å². The monoisotopic (exact) mass is 526 g/mol. The number of aliphatic hydroxyl groups is 1. The lowest BCUT2D eigenvalue weighted by Gasteiger charge is -2.56. The van der Waals surface area contributed by atoms with Gasteiger partial charge < -0.3 is 20.5 Å². The predicted molar refractivity (Wildman–Crippen MR) is 136 cm³/mol. The average molecular weight is 527 g/mol. The van der Waals surface area contributed by atoms with Gasteiger partial charge in [0.15, 0.2) is 6.61 Å². The fourth-order valence-electron chi connectivity index (χ4n) is 5.43. The van der Waals surface area contributed by atoms with Crippen molar-refractivity contribution >= 4 is 23.4 Å². The molecular formula is C27H28ClFN4O4. The molecule has 10 heteroatoms. The molecule has 2 aromatic carbocycles. The molecule has 3 aliphatic rings. The van der Waals surface area contributed by atoms with Crippen molar-refractivity contribution in [3.63, 3.8) is 0 Å². The molecule has 37 heavy (non-hydrogen) atoms. The third-order valence-corrected chi connectivity index (χ3v) is 7.84. The molecule has 1 atom stereocenters. The second kappa shape index (κ2) is 9.79. The van der Waals surface area contributed by atoms with Gasteiger partial charge in [0.2, 0.25) is 0 Å². The summed E-state index contributed by atoms with van der Waals surface area (Å²) < 4.78 is 20.6. The number of amides is 2. The molecule has 0 spiro atoms. The van der Waals surface area contributed by atoms with E-state index in [4.69, 9.17) is 16.3 Å². The van der Waals surface area contributed by atoms with Gasteiger partial charge in [0.1, 0.15) is 17.3 Å². The summed E-state index contributed by atoms with van der Waals surface area (Å²) in [6, 6.07) is 15.4. The van der Waals surface area contributed by atoms with Crippen LogP contribution >= 0.6 is 11.6 Å². The summed E-state index contributed by atoms with van der Waals surface area (Å²) >= 11 is 5.67. The SMILES string of the molecule is Cn1nc(-c2ccccc2)cc1C(=O)NC12CCC(NC(=O)COc3ccc(Cl)c(F)c3)(CC1)C(O)C2. The lowest BCUT2D eigenvalue weighted by atomic mass is 9.60. The number of hydrogen-bond donors (Lipinski definition) is 3. The number of carbonyl (C=O) groups is 2. The molecule has 8 nitrogen and oxygen atoms in total. The number of rotatable bonds is 7. The van der Waals surface area contributed by atoms with Crippen LogP contribution in [0, 0.1) is 5.82 Å². The molecule has 2 amide bonds. The van der Waals surface area contributed by atoms with Crippen LogP contribution < -0.4 is 15.4 Å². The number of nitrogens with zero attached hydrogens (tertiary/aromatic N) is 2. The maximum atomic E-state index is 13.6. The van der Waals surface area contributed by atoms with E-state index in [1.54, 1.807) is 17.8 Å². The first-order valence-electron chi connectivity index (χ1n) is 12.2. The number of halogens is 2. The van der Waals surface area contributed by atoms with Crippen molar-refractivity contribution in [2.75, 3.05) is 6.61 Å². The molecule has 3 fully saturated rings. The van der Waals surface area contributed by atoms with E-state index in [-0.39, 0.29) is 23.3 Å². The van der Waals surface area contributed by atoms with Crippen molar-refractivity contribution in [3.8, 4) is 17.0 Å². The van der Waals surface area contributed by atoms with Crippen LogP contribution in [0.5, 0.6) is 5.75 Å². The normalized spacial score (nSPS) is 24.5. The molecule has 3 N–H and O–H groups in total. The molecule has 0 saturated heterocycles. The predicted octanol–water partition coefficient (Wildman–Crippen LogP) is 3.62. The molecule has 3 aliphatic carbocycles. The van der Waals surface area contributed by atoms with Gasteiger partial charge in [-0.25, -0.2) is 4.39 Å². The Morgan fingerprint density at radius 3 is 2.54 bits per heavy atom. The number of nitrogens with one attached hydrogen (secondary N) is 2. The minimum Gasteiger partial charge on any atom is -0.484 e. The maximum Gasteiger partial charge on any atom is 0.269 e. The van der Waals surface area contributed by atoms with Crippen LogP contribution in [-0.2, 0) is 11.8 Å². The molecule has 1 heterocycles. The van der Waals surface area contributed by atoms with Gasteiger partial charge in [-0.05, 0) is 50.3 Å². The maximum absolute atomic E-state index is 13.6. The van der Waals surface area contributed by atoms with Gasteiger partial charge in [-0.3, -0.25) is 14.3 Å². The Hall–Kier alpha value is -3.43. The minimum atomic E-state index is -0.835. The van der Waals surface area contributed by atoms with Crippen molar-refractivity contribution in [2.24, 2.45) is 7.05 Å². The highest BCUT2D eigenvalue weighted by atomic mass is 35.5. The molecule has 3 aromatic rings. The van der Waals surface area contributed by atoms with E-state index in [9.17, 15) is 19.1 Å². The Bertz CT molecular complexity index is 1320.